The molecular weight excluding hydrogens is 370 g/mol. The first-order valence-corrected chi connectivity index (χ1v) is 8.68. The standard InChI is InChI=1S/C21H19N5O3/c1-13(27)24-17-6-4-14(10-15(17)12-22)18-8-9-23-21(26-18)25-16-5-7-19(28-2)20(11-16)29-3/h4-11H,1-3H3,(H,24,27)(H,23,25,26). The van der Waals surface area contributed by atoms with Crippen molar-refractivity contribution in [3.05, 3.63) is 54.2 Å². The van der Waals surface area contributed by atoms with E-state index in [0.29, 0.717) is 34.4 Å². The van der Waals surface area contributed by atoms with E-state index >= 15 is 0 Å². The summed E-state index contributed by atoms with van der Waals surface area (Å²) in [6.07, 6.45) is 1.62. The Balaban J connectivity index is 1.88. The molecule has 0 unspecified atom stereocenters. The molecule has 146 valence electrons. The summed E-state index contributed by atoms with van der Waals surface area (Å²) >= 11 is 0. The summed E-state index contributed by atoms with van der Waals surface area (Å²) in [6.45, 7) is 1.39. The molecule has 0 atom stereocenters. The van der Waals surface area contributed by atoms with Crippen molar-refractivity contribution in [2.75, 3.05) is 24.9 Å². The van der Waals surface area contributed by atoms with E-state index in [1.165, 1.54) is 6.92 Å². The topological polar surface area (TPSA) is 109 Å². The van der Waals surface area contributed by atoms with Crippen molar-refractivity contribution in [3.8, 4) is 28.8 Å². The number of nitrogens with zero attached hydrogens (tertiary/aromatic N) is 3. The first kappa shape index (κ1) is 19.6. The van der Waals surface area contributed by atoms with Crippen LogP contribution in [0.5, 0.6) is 11.5 Å². The van der Waals surface area contributed by atoms with Gasteiger partial charge in [-0.3, -0.25) is 4.79 Å². The second kappa shape index (κ2) is 8.71. The van der Waals surface area contributed by atoms with Crippen molar-refractivity contribution in [1.82, 2.24) is 9.97 Å². The fourth-order valence-electron chi connectivity index (χ4n) is 2.72. The molecule has 2 aromatic carbocycles. The van der Waals surface area contributed by atoms with Crippen molar-refractivity contribution in [1.29, 1.82) is 5.26 Å². The van der Waals surface area contributed by atoms with Crippen molar-refractivity contribution in [3.63, 3.8) is 0 Å². The molecule has 3 aromatic rings. The highest BCUT2D eigenvalue weighted by molar-refractivity contribution is 5.90. The zero-order valence-electron chi connectivity index (χ0n) is 16.2. The summed E-state index contributed by atoms with van der Waals surface area (Å²) in [5.74, 6) is 1.36. The molecular formula is C21H19N5O3. The van der Waals surface area contributed by atoms with Gasteiger partial charge in [0.2, 0.25) is 11.9 Å². The summed E-state index contributed by atoms with van der Waals surface area (Å²) in [6, 6.07) is 14.4. The molecule has 0 spiro atoms. The first-order chi connectivity index (χ1) is 14.0. The molecule has 0 bridgehead atoms. The molecule has 0 aliphatic carbocycles. The van der Waals surface area contributed by atoms with Gasteiger partial charge in [-0.15, -0.1) is 0 Å². The third kappa shape index (κ3) is 4.59. The fourth-order valence-corrected chi connectivity index (χ4v) is 2.72. The second-order valence-corrected chi connectivity index (χ2v) is 6.01. The van der Waals surface area contributed by atoms with Crippen LogP contribution in [0.3, 0.4) is 0 Å². The monoisotopic (exact) mass is 389 g/mol. The number of carbonyl (C=O) groups excluding carboxylic acids is 1. The zero-order valence-corrected chi connectivity index (χ0v) is 16.2. The van der Waals surface area contributed by atoms with E-state index in [1.54, 1.807) is 56.8 Å². The van der Waals surface area contributed by atoms with Crippen LogP contribution in [-0.4, -0.2) is 30.1 Å². The Labute approximate surface area is 168 Å². The van der Waals surface area contributed by atoms with Gasteiger partial charge in [0, 0.05) is 30.4 Å². The van der Waals surface area contributed by atoms with Crippen LogP contribution in [0.25, 0.3) is 11.3 Å². The Morgan fingerprint density at radius 1 is 1.07 bits per heavy atom. The van der Waals surface area contributed by atoms with Crippen LogP contribution in [0.2, 0.25) is 0 Å². The number of carbonyl (C=O) groups is 1. The van der Waals surface area contributed by atoms with Gasteiger partial charge in [0.25, 0.3) is 0 Å². The highest BCUT2D eigenvalue weighted by atomic mass is 16.5. The Hall–Kier alpha value is -4.12. The number of hydrogen-bond acceptors (Lipinski definition) is 7. The number of rotatable bonds is 6. The summed E-state index contributed by atoms with van der Waals surface area (Å²) in [5, 5.41) is 15.1. The van der Waals surface area contributed by atoms with Crippen LogP contribution in [0.15, 0.2) is 48.7 Å². The Kier molecular flexibility index (Phi) is 5.90. The van der Waals surface area contributed by atoms with Crippen LogP contribution in [0.4, 0.5) is 17.3 Å². The second-order valence-electron chi connectivity index (χ2n) is 6.01. The number of aromatic nitrogens is 2. The average molecular weight is 389 g/mol. The van der Waals surface area contributed by atoms with E-state index < -0.39 is 0 Å². The first-order valence-electron chi connectivity index (χ1n) is 8.68. The molecule has 1 heterocycles. The van der Waals surface area contributed by atoms with Gasteiger partial charge in [-0.25, -0.2) is 9.97 Å². The molecule has 3 rings (SSSR count). The van der Waals surface area contributed by atoms with Crippen molar-refractivity contribution in [2.24, 2.45) is 0 Å². The molecule has 0 aliphatic rings. The summed E-state index contributed by atoms with van der Waals surface area (Å²) in [7, 11) is 3.14. The third-order valence-corrected chi connectivity index (χ3v) is 4.04. The molecule has 1 amide bonds. The predicted molar refractivity (Wildman–Crippen MR) is 109 cm³/mol. The normalized spacial score (nSPS) is 10.0. The molecule has 8 heteroatoms. The number of methoxy groups -OCH3 is 2. The maximum absolute atomic E-state index is 11.3. The maximum Gasteiger partial charge on any atom is 0.227 e. The van der Waals surface area contributed by atoms with Gasteiger partial charge >= 0.3 is 0 Å². The molecule has 29 heavy (non-hydrogen) atoms. The molecule has 8 nitrogen and oxygen atoms in total. The van der Waals surface area contributed by atoms with E-state index in [0.717, 1.165) is 11.3 Å². The number of amides is 1. The smallest absolute Gasteiger partial charge is 0.227 e. The van der Waals surface area contributed by atoms with E-state index in [-0.39, 0.29) is 5.91 Å². The molecule has 0 aliphatic heterocycles. The van der Waals surface area contributed by atoms with E-state index in [4.69, 9.17) is 9.47 Å². The Morgan fingerprint density at radius 3 is 2.55 bits per heavy atom. The number of anilines is 3. The van der Waals surface area contributed by atoms with E-state index in [1.807, 2.05) is 6.07 Å². The highest BCUT2D eigenvalue weighted by Gasteiger charge is 2.10. The number of nitrogens with one attached hydrogen (secondary N) is 2. The lowest BCUT2D eigenvalue weighted by molar-refractivity contribution is -0.114. The van der Waals surface area contributed by atoms with Crippen LogP contribution in [-0.2, 0) is 4.79 Å². The summed E-state index contributed by atoms with van der Waals surface area (Å²) < 4.78 is 10.5. The van der Waals surface area contributed by atoms with E-state index in [2.05, 4.69) is 26.7 Å². The van der Waals surface area contributed by atoms with Crippen molar-refractivity contribution < 1.29 is 14.3 Å². The lowest BCUT2D eigenvalue weighted by Crippen LogP contribution is -2.07. The van der Waals surface area contributed by atoms with Crippen LogP contribution >= 0.6 is 0 Å². The highest BCUT2D eigenvalue weighted by Crippen LogP contribution is 2.31. The number of ether oxygens (including phenoxy) is 2. The van der Waals surface area contributed by atoms with Gasteiger partial charge in [0.05, 0.1) is 31.2 Å². The largest absolute Gasteiger partial charge is 0.493 e. The van der Waals surface area contributed by atoms with Crippen LogP contribution in [0.1, 0.15) is 12.5 Å². The minimum atomic E-state index is -0.238. The lowest BCUT2D eigenvalue weighted by atomic mass is 10.1. The van der Waals surface area contributed by atoms with Crippen LogP contribution < -0.4 is 20.1 Å². The summed E-state index contributed by atoms with van der Waals surface area (Å²) in [4.78, 5) is 20.0. The Morgan fingerprint density at radius 2 is 1.86 bits per heavy atom. The molecule has 0 fully saturated rings. The maximum atomic E-state index is 11.3. The quantitative estimate of drug-likeness (QED) is 0.661. The number of benzene rings is 2. The molecule has 2 N–H and O–H groups in total. The Bertz CT molecular complexity index is 1090. The molecule has 0 saturated heterocycles. The minimum Gasteiger partial charge on any atom is -0.493 e. The number of hydrogen-bond donors (Lipinski definition) is 2. The van der Waals surface area contributed by atoms with E-state index in [9.17, 15) is 10.1 Å². The number of nitriles is 1. The third-order valence-electron chi connectivity index (χ3n) is 4.04. The fraction of sp³-hybridized carbons (Fsp3) is 0.143. The SMILES string of the molecule is COc1ccc(Nc2nccc(-c3ccc(NC(C)=O)c(C#N)c3)n2)cc1OC. The summed E-state index contributed by atoms with van der Waals surface area (Å²) in [5.41, 5.74) is 2.91. The minimum absolute atomic E-state index is 0.238. The van der Waals surface area contributed by atoms with Gasteiger partial charge in [0.15, 0.2) is 11.5 Å². The molecule has 0 saturated carbocycles. The lowest BCUT2D eigenvalue weighted by Gasteiger charge is -2.11. The van der Waals surface area contributed by atoms with Crippen molar-refractivity contribution >= 4 is 23.2 Å². The van der Waals surface area contributed by atoms with Gasteiger partial charge in [-0.2, -0.15) is 5.26 Å². The molecule has 0 radical (unpaired) electrons. The van der Waals surface area contributed by atoms with Gasteiger partial charge in [-0.05, 0) is 30.3 Å². The zero-order chi connectivity index (χ0) is 20.8. The van der Waals surface area contributed by atoms with Gasteiger partial charge in [-0.1, -0.05) is 6.07 Å². The van der Waals surface area contributed by atoms with Gasteiger partial charge in [0.1, 0.15) is 6.07 Å². The predicted octanol–water partition coefficient (Wildman–Crippen LogP) is 3.73. The van der Waals surface area contributed by atoms with Crippen molar-refractivity contribution in [2.45, 2.75) is 6.92 Å². The average Bonchev–Trinajstić information content (AvgIpc) is 2.73. The van der Waals surface area contributed by atoms with Crippen LogP contribution in [0, 0.1) is 11.3 Å². The van der Waals surface area contributed by atoms with Gasteiger partial charge < -0.3 is 20.1 Å². The molecule has 1 aromatic heterocycles.